The number of benzene rings is 2. The summed E-state index contributed by atoms with van der Waals surface area (Å²) in [6.45, 7) is 5.68. The van der Waals surface area contributed by atoms with Crippen molar-refractivity contribution in [3.63, 3.8) is 0 Å². The molecular weight excluding hydrogens is 260 g/mol. The summed E-state index contributed by atoms with van der Waals surface area (Å²) in [5, 5.41) is 0. The monoisotopic (exact) mass is 284 g/mol. The number of methoxy groups -OCH3 is 1. The van der Waals surface area contributed by atoms with Crippen molar-refractivity contribution in [1.29, 1.82) is 0 Å². The highest BCUT2D eigenvalue weighted by molar-refractivity contribution is 5.63. The Hall–Kier alpha value is -1.64. The zero-order valence-corrected chi connectivity index (χ0v) is 13.1. The molecule has 0 fully saturated rings. The molecule has 0 saturated heterocycles. The largest absolute Gasteiger partial charge is 0.385 e. The fourth-order valence-corrected chi connectivity index (χ4v) is 2.25. The molecule has 1 unspecified atom stereocenters. The molecule has 2 aromatic carbocycles. The first-order valence-corrected chi connectivity index (χ1v) is 7.48. The van der Waals surface area contributed by atoms with Gasteiger partial charge in [-0.25, -0.2) is 0 Å². The SMILES string of the molecule is COCCCOC(C)c1ccc(-c2ccc(C)cc2)cc1. The Labute approximate surface area is 127 Å². The lowest BCUT2D eigenvalue weighted by atomic mass is 10.0. The smallest absolute Gasteiger partial charge is 0.0796 e. The topological polar surface area (TPSA) is 18.5 Å². The average molecular weight is 284 g/mol. The number of ether oxygens (including phenoxy) is 2. The van der Waals surface area contributed by atoms with Crippen molar-refractivity contribution in [2.75, 3.05) is 20.3 Å². The highest BCUT2D eigenvalue weighted by Crippen LogP contribution is 2.23. The Balaban J connectivity index is 1.96. The molecule has 0 aromatic heterocycles. The summed E-state index contributed by atoms with van der Waals surface area (Å²) < 4.78 is 10.8. The zero-order chi connectivity index (χ0) is 15.1. The molecule has 112 valence electrons. The molecule has 2 nitrogen and oxygen atoms in total. The van der Waals surface area contributed by atoms with E-state index < -0.39 is 0 Å². The van der Waals surface area contributed by atoms with E-state index in [9.17, 15) is 0 Å². The van der Waals surface area contributed by atoms with Crippen molar-refractivity contribution in [3.05, 3.63) is 59.7 Å². The molecule has 0 saturated carbocycles. The summed E-state index contributed by atoms with van der Waals surface area (Å²) in [6, 6.07) is 17.2. The minimum atomic E-state index is 0.119. The fraction of sp³-hybridized carbons (Fsp3) is 0.368. The number of rotatable bonds is 7. The van der Waals surface area contributed by atoms with Gasteiger partial charge < -0.3 is 9.47 Å². The minimum absolute atomic E-state index is 0.119. The lowest BCUT2D eigenvalue weighted by molar-refractivity contribution is 0.0498. The van der Waals surface area contributed by atoms with Gasteiger partial charge in [0.15, 0.2) is 0 Å². The molecule has 2 rings (SSSR count). The van der Waals surface area contributed by atoms with Crippen LogP contribution in [-0.4, -0.2) is 20.3 Å². The van der Waals surface area contributed by atoms with Crippen LogP contribution < -0.4 is 0 Å². The quantitative estimate of drug-likeness (QED) is 0.681. The second-order valence-corrected chi connectivity index (χ2v) is 5.35. The van der Waals surface area contributed by atoms with Gasteiger partial charge >= 0.3 is 0 Å². The Morgan fingerprint density at radius 1 is 0.857 bits per heavy atom. The summed E-state index contributed by atoms with van der Waals surface area (Å²) in [5.74, 6) is 0. The second-order valence-electron chi connectivity index (χ2n) is 5.35. The van der Waals surface area contributed by atoms with Crippen molar-refractivity contribution in [2.24, 2.45) is 0 Å². The van der Waals surface area contributed by atoms with E-state index in [1.54, 1.807) is 7.11 Å². The van der Waals surface area contributed by atoms with E-state index in [1.165, 1.54) is 22.3 Å². The zero-order valence-electron chi connectivity index (χ0n) is 13.1. The Morgan fingerprint density at radius 2 is 1.43 bits per heavy atom. The Bertz CT molecular complexity index is 528. The van der Waals surface area contributed by atoms with Gasteiger partial charge in [-0.05, 0) is 37.0 Å². The number of aryl methyl sites for hydroxylation is 1. The predicted octanol–water partition coefficient (Wildman–Crippen LogP) is 4.78. The van der Waals surface area contributed by atoms with Crippen LogP contribution in [-0.2, 0) is 9.47 Å². The van der Waals surface area contributed by atoms with Crippen LogP contribution in [0.4, 0.5) is 0 Å². The maximum atomic E-state index is 5.81. The van der Waals surface area contributed by atoms with E-state index in [4.69, 9.17) is 9.47 Å². The van der Waals surface area contributed by atoms with Gasteiger partial charge in [-0.2, -0.15) is 0 Å². The lowest BCUT2D eigenvalue weighted by Crippen LogP contribution is -2.03. The first-order valence-electron chi connectivity index (χ1n) is 7.48. The number of hydrogen-bond donors (Lipinski definition) is 0. The second kappa shape index (κ2) is 7.96. The minimum Gasteiger partial charge on any atom is -0.385 e. The van der Waals surface area contributed by atoms with Crippen LogP contribution >= 0.6 is 0 Å². The van der Waals surface area contributed by atoms with Gasteiger partial charge in [-0.15, -0.1) is 0 Å². The van der Waals surface area contributed by atoms with Crippen molar-refractivity contribution in [3.8, 4) is 11.1 Å². The summed E-state index contributed by atoms with van der Waals surface area (Å²) in [4.78, 5) is 0. The molecule has 0 spiro atoms. The lowest BCUT2D eigenvalue weighted by Gasteiger charge is -2.14. The van der Waals surface area contributed by atoms with E-state index in [1.807, 2.05) is 0 Å². The molecule has 0 aliphatic rings. The van der Waals surface area contributed by atoms with Gasteiger partial charge in [0.05, 0.1) is 6.10 Å². The normalized spacial score (nSPS) is 12.3. The van der Waals surface area contributed by atoms with Crippen LogP contribution in [0.5, 0.6) is 0 Å². The highest BCUT2D eigenvalue weighted by Gasteiger charge is 2.06. The van der Waals surface area contributed by atoms with E-state index in [0.717, 1.165) is 19.6 Å². The average Bonchev–Trinajstić information content (AvgIpc) is 2.52. The van der Waals surface area contributed by atoms with E-state index in [-0.39, 0.29) is 6.10 Å². The van der Waals surface area contributed by atoms with Crippen molar-refractivity contribution >= 4 is 0 Å². The third-order valence-electron chi connectivity index (χ3n) is 3.63. The molecule has 0 N–H and O–H groups in total. The molecule has 0 radical (unpaired) electrons. The van der Waals surface area contributed by atoms with Crippen molar-refractivity contribution in [1.82, 2.24) is 0 Å². The standard InChI is InChI=1S/C19H24O2/c1-15-5-7-18(8-6-15)19-11-9-17(10-12-19)16(2)21-14-4-13-20-3/h5-12,16H,4,13-14H2,1-3H3. The van der Waals surface area contributed by atoms with Crippen LogP contribution in [0.25, 0.3) is 11.1 Å². The molecule has 0 aliphatic heterocycles. The van der Waals surface area contributed by atoms with Crippen LogP contribution in [0.3, 0.4) is 0 Å². The van der Waals surface area contributed by atoms with Crippen LogP contribution in [0.15, 0.2) is 48.5 Å². The molecule has 0 heterocycles. The summed E-state index contributed by atoms with van der Waals surface area (Å²) in [6.07, 6.45) is 1.05. The first kappa shape index (κ1) is 15.7. The van der Waals surface area contributed by atoms with Gasteiger partial charge in [0.1, 0.15) is 0 Å². The van der Waals surface area contributed by atoms with Gasteiger partial charge in [0.25, 0.3) is 0 Å². The molecule has 21 heavy (non-hydrogen) atoms. The van der Waals surface area contributed by atoms with E-state index >= 15 is 0 Å². The van der Waals surface area contributed by atoms with E-state index in [2.05, 4.69) is 62.4 Å². The van der Waals surface area contributed by atoms with Crippen LogP contribution in [0.1, 0.15) is 30.6 Å². The maximum absolute atomic E-state index is 5.81. The summed E-state index contributed by atoms with van der Waals surface area (Å²) in [5.41, 5.74) is 4.99. The van der Waals surface area contributed by atoms with Crippen molar-refractivity contribution in [2.45, 2.75) is 26.4 Å². The molecule has 1 atom stereocenters. The van der Waals surface area contributed by atoms with Gasteiger partial charge in [0.2, 0.25) is 0 Å². The third kappa shape index (κ3) is 4.69. The third-order valence-corrected chi connectivity index (χ3v) is 3.63. The van der Waals surface area contributed by atoms with Crippen molar-refractivity contribution < 1.29 is 9.47 Å². The Kier molecular flexibility index (Phi) is 5.97. The molecule has 0 aliphatic carbocycles. The molecule has 2 heteroatoms. The number of hydrogen-bond acceptors (Lipinski definition) is 2. The molecule has 0 amide bonds. The maximum Gasteiger partial charge on any atom is 0.0796 e. The summed E-state index contributed by atoms with van der Waals surface area (Å²) in [7, 11) is 1.72. The Morgan fingerprint density at radius 3 is 2.00 bits per heavy atom. The molecule has 2 aromatic rings. The molecule has 0 bridgehead atoms. The highest BCUT2D eigenvalue weighted by atomic mass is 16.5. The van der Waals surface area contributed by atoms with Gasteiger partial charge in [-0.3, -0.25) is 0 Å². The van der Waals surface area contributed by atoms with Crippen LogP contribution in [0, 0.1) is 6.92 Å². The van der Waals surface area contributed by atoms with E-state index in [0.29, 0.717) is 0 Å². The van der Waals surface area contributed by atoms with Crippen LogP contribution in [0.2, 0.25) is 0 Å². The van der Waals surface area contributed by atoms with Gasteiger partial charge in [0, 0.05) is 20.3 Å². The fourth-order valence-electron chi connectivity index (χ4n) is 2.25. The first-order chi connectivity index (χ1) is 10.2. The molecular formula is C19H24O2. The summed E-state index contributed by atoms with van der Waals surface area (Å²) >= 11 is 0. The predicted molar refractivity (Wildman–Crippen MR) is 87.5 cm³/mol. The van der Waals surface area contributed by atoms with Gasteiger partial charge in [-0.1, -0.05) is 54.1 Å².